The first-order valence-electron chi connectivity index (χ1n) is 6.20. The van der Waals surface area contributed by atoms with Gasteiger partial charge in [0.2, 0.25) is 0 Å². The molecule has 0 aromatic heterocycles. The standard InChI is InChI=1S/C12H27NO4S/c1-9(7-16-3)17-8-11(15)5-13-10(2)12(6-14)18-4/h9-15H,5-8H2,1-4H3. The molecule has 18 heavy (non-hydrogen) atoms. The predicted octanol–water partition coefficient (Wildman–Crippen LogP) is 0.101. The Morgan fingerprint density at radius 1 is 1.28 bits per heavy atom. The highest BCUT2D eigenvalue weighted by Gasteiger charge is 2.16. The van der Waals surface area contributed by atoms with Crippen LogP contribution in [0.15, 0.2) is 0 Å². The molecule has 0 aliphatic carbocycles. The summed E-state index contributed by atoms with van der Waals surface area (Å²) >= 11 is 1.61. The van der Waals surface area contributed by atoms with E-state index >= 15 is 0 Å². The third-order valence-corrected chi connectivity index (χ3v) is 3.85. The lowest BCUT2D eigenvalue weighted by atomic mass is 10.2. The normalized spacial score (nSPS) is 18.3. The van der Waals surface area contributed by atoms with E-state index in [-0.39, 0.29) is 30.6 Å². The van der Waals surface area contributed by atoms with E-state index in [4.69, 9.17) is 14.6 Å². The number of aliphatic hydroxyl groups excluding tert-OH is 2. The van der Waals surface area contributed by atoms with Crippen LogP contribution >= 0.6 is 11.8 Å². The first kappa shape index (κ1) is 18.1. The Morgan fingerprint density at radius 2 is 1.94 bits per heavy atom. The lowest BCUT2D eigenvalue weighted by Gasteiger charge is -2.23. The molecule has 0 saturated heterocycles. The van der Waals surface area contributed by atoms with Crippen molar-refractivity contribution in [2.75, 3.05) is 39.7 Å². The second-order valence-electron chi connectivity index (χ2n) is 4.41. The van der Waals surface area contributed by atoms with Gasteiger partial charge in [0.25, 0.3) is 0 Å². The number of aliphatic hydroxyl groups is 2. The molecule has 6 heteroatoms. The number of hydrogen-bond donors (Lipinski definition) is 3. The van der Waals surface area contributed by atoms with Crippen LogP contribution in [0, 0.1) is 0 Å². The fourth-order valence-corrected chi connectivity index (χ4v) is 2.16. The first-order valence-corrected chi connectivity index (χ1v) is 7.49. The van der Waals surface area contributed by atoms with E-state index in [1.807, 2.05) is 20.1 Å². The fraction of sp³-hybridized carbons (Fsp3) is 1.00. The van der Waals surface area contributed by atoms with Crippen molar-refractivity contribution in [3.05, 3.63) is 0 Å². The molecule has 0 aliphatic heterocycles. The van der Waals surface area contributed by atoms with Gasteiger partial charge < -0.3 is 25.0 Å². The molecule has 0 radical (unpaired) electrons. The highest BCUT2D eigenvalue weighted by molar-refractivity contribution is 7.99. The van der Waals surface area contributed by atoms with Gasteiger partial charge in [-0.25, -0.2) is 0 Å². The number of methoxy groups -OCH3 is 1. The van der Waals surface area contributed by atoms with E-state index in [1.165, 1.54) is 0 Å². The van der Waals surface area contributed by atoms with E-state index in [2.05, 4.69) is 5.32 Å². The zero-order valence-electron chi connectivity index (χ0n) is 11.8. The van der Waals surface area contributed by atoms with Gasteiger partial charge in [-0.2, -0.15) is 11.8 Å². The predicted molar refractivity (Wildman–Crippen MR) is 75.2 cm³/mol. The van der Waals surface area contributed by atoms with E-state index in [0.717, 1.165) is 0 Å². The Morgan fingerprint density at radius 3 is 2.44 bits per heavy atom. The van der Waals surface area contributed by atoms with Crippen molar-refractivity contribution in [2.45, 2.75) is 37.3 Å². The van der Waals surface area contributed by atoms with Crippen LogP contribution in [0.5, 0.6) is 0 Å². The van der Waals surface area contributed by atoms with Gasteiger partial charge in [-0.3, -0.25) is 0 Å². The average Bonchev–Trinajstić information content (AvgIpc) is 2.35. The SMILES string of the molecule is COCC(C)OCC(O)CNC(C)C(CO)SC. The van der Waals surface area contributed by atoms with E-state index in [1.54, 1.807) is 18.9 Å². The van der Waals surface area contributed by atoms with Crippen molar-refractivity contribution in [3.63, 3.8) is 0 Å². The van der Waals surface area contributed by atoms with Gasteiger partial charge in [-0.15, -0.1) is 0 Å². The molecule has 0 bridgehead atoms. The molecule has 0 spiro atoms. The molecule has 5 nitrogen and oxygen atoms in total. The van der Waals surface area contributed by atoms with Crippen LogP contribution in [-0.4, -0.2) is 73.4 Å². The average molecular weight is 281 g/mol. The summed E-state index contributed by atoms with van der Waals surface area (Å²) in [5.41, 5.74) is 0. The lowest BCUT2D eigenvalue weighted by Crippen LogP contribution is -2.42. The maximum absolute atomic E-state index is 9.74. The van der Waals surface area contributed by atoms with Gasteiger partial charge in [0.15, 0.2) is 0 Å². The summed E-state index contributed by atoms with van der Waals surface area (Å²) in [5.74, 6) is 0. The molecule has 0 aliphatic rings. The Balaban J connectivity index is 3.72. The second-order valence-corrected chi connectivity index (χ2v) is 5.48. The molecule has 0 heterocycles. The Labute approximate surface area is 114 Å². The van der Waals surface area contributed by atoms with Crippen molar-refractivity contribution in [1.29, 1.82) is 0 Å². The maximum atomic E-state index is 9.74. The Kier molecular flexibility index (Phi) is 11.1. The minimum absolute atomic E-state index is 0.0153. The molecule has 110 valence electrons. The largest absolute Gasteiger partial charge is 0.395 e. The van der Waals surface area contributed by atoms with Crippen molar-refractivity contribution < 1.29 is 19.7 Å². The van der Waals surface area contributed by atoms with Crippen LogP contribution in [-0.2, 0) is 9.47 Å². The summed E-state index contributed by atoms with van der Waals surface area (Å²) in [5, 5.41) is 22.2. The molecule has 0 aromatic carbocycles. The van der Waals surface area contributed by atoms with Gasteiger partial charge >= 0.3 is 0 Å². The van der Waals surface area contributed by atoms with Crippen molar-refractivity contribution in [2.24, 2.45) is 0 Å². The molecule has 4 atom stereocenters. The summed E-state index contributed by atoms with van der Waals surface area (Å²) in [7, 11) is 1.62. The number of rotatable bonds is 11. The highest BCUT2D eigenvalue weighted by Crippen LogP contribution is 2.10. The molecule has 3 N–H and O–H groups in total. The van der Waals surface area contributed by atoms with Crippen LogP contribution in [0.25, 0.3) is 0 Å². The minimum Gasteiger partial charge on any atom is -0.395 e. The molecule has 4 unspecified atom stereocenters. The third kappa shape index (κ3) is 8.29. The molecule has 0 rings (SSSR count). The van der Waals surface area contributed by atoms with Crippen LogP contribution in [0.4, 0.5) is 0 Å². The number of nitrogens with one attached hydrogen (secondary N) is 1. The molecular weight excluding hydrogens is 254 g/mol. The zero-order valence-corrected chi connectivity index (χ0v) is 12.6. The van der Waals surface area contributed by atoms with Gasteiger partial charge in [0, 0.05) is 24.9 Å². The number of thioether (sulfide) groups is 1. The smallest absolute Gasteiger partial charge is 0.0897 e. The number of ether oxygens (including phenoxy) is 2. The first-order chi connectivity index (χ1) is 8.54. The topological polar surface area (TPSA) is 71.0 Å². The molecule has 0 amide bonds. The summed E-state index contributed by atoms with van der Waals surface area (Å²) in [6, 6.07) is 0.149. The Hall–Kier alpha value is 0.150. The van der Waals surface area contributed by atoms with Crippen LogP contribution in [0.1, 0.15) is 13.8 Å². The summed E-state index contributed by atoms with van der Waals surface area (Å²) in [6.07, 6.45) is 1.40. The van der Waals surface area contributed by atoms with E-state index in [0.29, 0.717) is 13.2 Å². The second kappa shape index (κ2) is 11.0. The molecule has 0 fully saturated rings. The monoisotopic (exact) mass is 281 g/mol. The summed E-state index contributed by atoms with van der Waals surface area (Å²) < 4.78 is 10.4. The fourth-order valence-electron chi connectivity index (χ4n) is 1.51. The number of hydrogen-bond acceptors (Lipinski definition) is 6. The van der Waals surface area contributed by atoms with Gasteiger partial charge in [-0.05, 0) is 20.1 Å². The van der Waals surface area contributed by atoms with Crippen LogP contribution in [0.2, 0.25) is 0 Å². The quantitative estimate of drug-likeness (QED) is 0.499. The summed E-state index contributed by atoms with van der Waals surface area (Å²) in [4.78, 5) is 0. The van der Waals surface area contributed by atoms with Crippen molar-refractivity contribution in [3.8, 4) is 0 Å². The van der Waals surface area contributed by atoms with Crippen LogP contribution in [0.3, 0.4) is 0 Å². The summed E-state index contributed by atoms with van der Waals surface area (Å²) in [6.45, 7) is 5.30. The Bertz CT molecular complexity index is 193. The van der Waals surface area contributed by atoms with Crippen molar-refractivity contribution >= 4 is 11.8 Å². The lowest BCUT2D eigenvalue weighted by molar-refractivity contribution is -0.0315. The van der Waals surface area contributed by atoms with Gasteiger partial charge in [0.1, 0.15) is 0 Å². The van der Waals surface area contributed by atoms with E-state index in [9.17, 15) is 5.11 Å². The third-order valence-electron chi connectivity index (χ3n) is 2.69. The van der Waals surface area contributed by atoms with Gasteiger partial charge in [-0.1, -0.05) is 0 Å². The molecule has 0 saturated carbocycles. The van der Waals surface area contributed by atoms with E-state index < -0.39 is 6.10 Å². The molecular formula is C12H27NO4S. The van der Waals surface area contributed by atoms with Gasteiger partial charge in [0.05, 0.1) is 32.0 Å². The van der Waals surface area contributed by atoms with Crippen LogP contribution < -0.4 is 5.32 Å². The van der Waals surface area contributed by atoms with Crippen molar-refractivity contribution in [1.82, 2.24) is 5.32 Å². The maximum Gasteiger partial charge on any atom is 0.0897 e. The molecule has 0 aromatic rings. The highest BCUT2D eigenvalue weighted by atomic mass is 32.2. The zero-order chi connectivity index (χ0) is 14.0. The minimum atomic E-state index is -0.548.